The highest BCUT2D eigenvalue weighted by atomic mass is 79.9. The van der Waals surface area contributed by atoms with E-state index < -0.39 is 5.97 Å². The Morgan fingerprint density at radius 2 is 2.00 bits per heavy atom. The van der Waals surface area contributed by atoms with Gasteiger partial charge < -0.3 is 14.7 Å². The quantitative estimate of drug-likeness (QED) is 0.912. The van der Waals surface area contributed by atoms with Gasteiger partial charge in [-0.1, -0.05) is 15.9 Å². The summed E-state index contributed by atoms with van der Waals surface area (Å²) in [5.74, 6) is -0.884. The fourth-order valence-corrected chi connectivity index (χ4v) is 3.13. The van der Waals surface area contributed by atoms with Crippen LogP contribution >= 0.6 is 15.9 Å². The van der Waals surface area contributed by atoms with Gasteiger partial charge in [0.25, 0.3) is 0 Å². The van der Waals surface area contributed by atoms with E-state index in [4.69, 9.17) is 4.74 Å². The fourth-order valence-electron chi connectivity index (χ4n) is 2.77. The van der Waals surface area contributed by atoms with Gasteiger partial charge in [-0.3, -0.25) is 0 Å². The van der Waals surface area contributed by atoms with Crippen LogP contribution < -0.4 is 4.90 Å². The number of hydrogen-bond donors (Lipinski definition) is 1. The molecular weight excluding hydrogens is 298 g/mol. The molecule has 2 aliphatic heterocycles. The van der Waals surface area contributed by atoms with Gasteiger partial charge in [-0.25, -0.2) is 4.79 Å². The largest absolute Gasteiger partial charge is 0.478 e. The Hall–Kier alpha value is -1.07. The van der Waals surface area contributed by atoms with E-state index in [0.717, 1.165) is 36.1 Å². The number of carbonyl (C=O) groups is 1. The zero-order chi connectivity index (χ0) is 12.7. The summed E-state index contributed by atoms with van der Waals surface area (Å²) in [6.07, 6.45) is 2.68. The predicted octanol–water partition coefficient (Wildman–Crippen LogP) is 2.51. The van der Waals surface area contributed by atoms with Gasteiger partial charge in [-0.15, -0.1) is 0 Å². The summed E-state index contributed by atoms with van der Waals surface area (Å²) in [7, 11) is 0. The molecule has 0 saturated carbocycles. The van der Waals surface area contributed by atoms with Gasteiger partial charge in [0.05, 0.1) is 23.5 Å². The van der Waals surface area contributed by atoms with E-state index in [1.165, 1.54) is 0 Å². The van der Waals surface area contributed by atoms with Crippen molar-refractivity contribution in [2.75, 3.05) is 18.0 Å². The maximum absolute atomic E-state index is 11.3. The van der Waals surface area contributed by atoms with Crippen LogP contribution in [-0.4, -0.2) is 36.4 Å². The summed E-state index contributed by atoms with van der Waals surface area (Å²) in [5.41, 5.74) is 1.15. The van der Waals surface area contributed by atoms with Gasteiger partial charge in [-0.2, -0.15) is 0 Å². The van der Waals surface area contributed by atoms with E-state index in [9.17, 15) is 9.90 Å². The van der Waals surface area contributed by atoms with Crippen LogP contribution in [0.1, 0.15) is 23.2 Å². The van der Waals surface area contributed by atoms with Crippen molar-refractivity contribution in [3.63, 3.8) is 0 Å². The number of carboxylic acid groups (broad SMARTS) is 1. The third kappa shape index (κ3) is 2.12. The molecule has 0 radical (unpaired) electrons. The van der Waals surface area contributed by atoms with E-state index in [2.05, 4.69) is 20.8 Å². The van der Waals surface area contributed by atoms with Crippen molar-refractivity contribution in [1.29, 1.82) is 0 Å². The van der Waals surface area contributed by atoms with Gasteiger partial charge in [0.2, 0.25) is 0 Å². The smallest absolute Gasteiger partial charge is 0.337 e. The average Bonchev–Trinajstić information content (AvgIpc) is 2.68. The Bertz CT molecular complexity index is 479. The van der Waals surface area contributed by atoms with Crippen LogP contribution in [0.15, 0.2) is 22.7 Å². The van der Waals surface area contributed by atoms with Gasteiger partial charge in [0.1, 0.15) is 0 Å². The third-order valence-electron chi connectivity index (χ3n) is 3.57. The van der Waals surface area contributed by atoms with Crippen molar-refractivity contribution in [3.8, 4) is 0 Å². The lowest BCUT2D eigenvalue weighted by molar-refractivity contribution is 0.0303. The normalized spacial score (nSPS) is 26.4. The van der Waals surface area contributed by atoms with E-state index in [-0.39, 0.29) is 12.2 Å². The molecule has 1 aromatic carbocycles. The Balaban J connectivity index is 1.94. The van der Waals surface area contributed by atoms with Crippen LogP contribution in [0.3, 0.4) is 0 Å². The van der Waals surface area contributed by atoms with E-state index >= 15 is 0 Å². The minimum atomic E-state index is -0.884. The molecule has 0 amide bonds. The van der Waals surface area contributed by atoms with Crippen molar-refractivity contribution < 1.29 is 14.6 Å². The Morgan fingerprint density at radius 3 is 2.61 bits per heavy atom. The number of carboxylic acids is 1. The van der Waals surface area contributed by atoms with E-state index in [1.807, 2.05) is 12.1 Å². The molecule has 2 unspecified atom stereocenters. The molecule has 18 heavy (non-hydrogen) atoms. The highest BCUT2D eigenvalue weighted by Crippen LogP contribution is 2.32. The summed E-state index contributed by atoms with van der Waals surface area (Å²) in [6, 6.07) is 5.42. The van der Waals surface area contributed by atoms with Crippen molar-refractivity contribution in [2.24, 2.45) is 0 Å². The molecule has 96 valence electrons. The number of aromatic carboxylic acids is 1. The van der Waals surface area contributed by atoms with Crippen LogP contribution in [-0.2, 0) is 4.74 Å². The number of halogens is 1. The summed E-state index contributed by atoms with van der Waals surface area (Å²) < 4.78 is 6.57. The van der Waals surface area contributed by atoms with Crippen molar-refractivity contribution in [2.45, 2.75) is 25.0 Å². The Kier molecular flexibility index (Phi) is 3.03. The summed E-state index contributed by atoms with van der Waals surface area (Å²) in [5, 5.41) is 9.29. The molecule has 2 atom stereocenters. The minimum Gasteiger partial charge on any atom is -0.478 e. The fraction of sp³-hybridized carbons (Fsp3) is 0.462. The maximum Gasteiger partial charge on any atom is 0.337 e. The topological polar surface area (TPSA) is 49.8 Å². The second-order valence-corrected chi connectivity index (χ2v) is 5.74. The monoisotopic (exact) mass is 311 g/mol. The summed E-state index contributed by atoms with van der Waals surface area (Å²) >= 11 is 3.32. The summed E-state index contributed by atoms with van der Waals surface area (Å²) in [4.78, 5) is 13.5. The summed E-state index contributed by atoms with van der Waals surface area (Å²) in [6.45, 7) is 1.58. The number of rotatable bonds is 2. The number of morpholine rings is 1. The van der Waals surface area contributed by atoms with Gasteiger partial charge >= 0.3 is 5.97 Å². The lowest BCUT2D eigenvalue weighted by Crippen LogP contribution is -2.43. The molecule has 2 bridgehead atoms. The number of ether oxygens (including phenoxy) is 1. The maximum atomic E-state index is 11.3. The molecule has 2 saturated heterocycles. The SMILES string of the molecule is O=C(O)c1cc(Br)ccc1N1CC2CCC(C1)O2. The molecule has 0 spiro atoms. The van der Waals surface area contributed by atoms with Crippen LogP contribution in [0, 0.1) is 0 Å². The standard InChI is InChI=1S/C13H14BrNO3/c14-8-1-4-12(11(5-8)13(16)17)15-6-9-2-3-10(7-15)18-9/h1,4-5,9-10H,2-3,6-7H2,(H,16,17). The lowest BCUT2D eigenvalue weighted by atomic mass is 10.1. The minimum absolute atomic E-state index is 0.258. The van der Waals surface area contributed by atoms with Gasteiger partial charge in [0, 0.05) is 17.6 Å². The molecule has 1 N–H and O–H groups in total. The molecule has 4 nitrogen and oxygen atoms in total. The zero-order valence-corrected chi connectivity index (χ0v) is 11.4. The lowest BCUT2D eigenvalue weighted by Gasteiger charge is -2.34. The molecule has 3 rings (SSSR count). The van der Waals surface area contributed by atoms with Crippen molar-refractivity contribution >= 4 is 27.6 Å². The number of fused-ring (bicyclic) bond motifs is 2. The number of benzene rings is 1. The first-order valence-electron chi connectivity index (χ1n) is 6.07. The third-order valence-corrected chi connectivity index (χ3v) is 4.07. The second-order valence-electron chi connectivity index (χ2n) is 4.83. The molecule has 0 aromatic heterocycles. The van der Waals surface area contributed by atoms with Crippen LogP contribution in [0.4, 0.5) is 5.69 Å². The Morgan fingerprint density at radius 1 is 1.33 bits per heavy atom. The molecule has 5 heteroatoms. The average molecular weight is 312 g/mol. The van der Waals surface area contributed by atoms with E-state index in [1.54, 1.807) is 6.07 Å². The highest BCUT2D eigenvalue weighted by molar-refractivity contribution is 9.10. The van der Waals surface area contributed by atoms with Gasteiger partial charge in [0.15, 0.2) is 0 Å². The van der Waals surface area contributed by atoms with Crippen LogP contribution in [0.25, 0.3) is 0 Å². The first-order valence-corrected chi connectivity index (χ1v) is 6.86. The van der Waals surface area contributed by atoms with Crippen molar-refractivity contribution in [3.05, 3.63) is 28.2 Å². The molecule has 2 aliphatic rings. The molecular formula is C13H14BrNO3. The first kappa shape index (κ1) is 12.0. The number of hydrogen-bond acceptors (Lipinski definition) is 3. The van der Waals surface area contributed by atoms with Crippen LogP contribution in [0.2, 0.25) is 0 Å². The number of nitrogens with zero attached hydrogens (tertiary/aromatic N) is 1. The van der Waals surface area contributed by atoms with E-state index in [0.29, 0.717) is 5.56 Å². The van der Waals surface area contributed by atoms with Crippen molar-refractivity contribution in [1.82, 2.24) is 0 Å². The molecule has 2 heterocycles. The first-order chi connectivity index (χ1) is 8.63. The second kappa shape index (κ2) is 4.55. The Labute approximate surface area is 114 Å². The van der Waals surface area contributed by atoms with Gasteiger partial charge in [-0.05, 0) is 31.0 Å². The highest BCUT2D eigenvalue weighted by Gasteiger charge is 2.34. The zero-order valence-electron chi connectivity index (χ0n) is 9.80. The van der Waals surface area contributed by atoms with Crippen LogP contribution in [0.5, 0.6) is 0 Å². The predicted molar refractivity (Wildman–Crippen MR) is 71.2 cm³/mol. The molecule has 0 aliphatic carbocycles. The molecule has 2 fully saturated rings. The molecule has 1 aromatic rings. The number of anilines is 1.